The molecule has 1 N–H and O–H groups in total. The molecular weight excluding hydrogens is 250 g/mol. The van der Waals surface area contributed by atoms with Gasteiger partial charge in [0.25, 0.3) is 0 Å². The minimum absolute atomic E-state index is 0.283. The average Bonchev–Trinajstić information content (AvgIpc) is 2.78. The highest BCUT2D eigenvalue weighted by Gasteiger charge is 2.14. The van der Waals surface area contributed by atoms with Crippen LogP contribution in [0, 0.1) is 6.92 Å². The number of nitrogens with zero attached hydrogens (tertiary/aromatic N) is 2. The van der Waals surface area contributed by atoms with E-state index in [9.17, 15) is 0 Å². The zero-order chi connectivity index (χ0) is 14.5. The summed E-state index contributed by atoms with van der Waals surface area (Å²) in [5, 5.41) is 7.97. The number of ether oxygens (including phenoxy) is 1. The maximum Gasteiger partial charge on any atom is 0.123 e. The number of benzene rings is 1. The Hall–Kier alpha value is -1.81. The van der Waals surface area contributed by atoms with Crippen LogP contribution in [-0.4, -0.2) is 16.9 Å². The second kappa shape index (κ2) is 6.57. The van der Waals surface area contributed by atoms with Crippen molar-refractivity contribution in [2.45, 2.75) is 32.9 Å². The number of hydrogen-bond acceptors (Lipinski definition) is 3. The van der Waals surface area contributed by atoms with Crippen molar-refractivity contribution in [1.82, 2.24) is 15.1 Å². The maximum atomic E-state index is 5.45. The van der Waals surface area contributed by atoms with Gasteiger partial charge in [-0.25, -0.2) is 0 Å². The van der Waals surface area contributed by atoms with Crippen LogP contribution in [-0.2, 0) is 13.6 Å². The van der Waals surface area contributed by atoms with E-state index in [-0.39, 0.29) is 6.04 Å². The average molecular weight is 273 g/mol. The summed E-state index contributed by atoms with van der Waals surface area (Å²) in [6.07, 6.45) is 3.08. The molecule has 1 aromatic heterocycles. The van der Waals surface area contributed by atoms with Gasteiger partial charge in [-0.3, -0.25) is 4.68 Å². The molecular formula is C16H23N3O. The van der Waals surface area contributed by atoms with Crippen LogP contribution < -0.4 is 10.1 Å². The Labute approximate surface area is 120 Å². The quantitative estimate of drug-likeness (QED) is 0.879. The Bertz CT molecular complexity index is 563. The van der Waals surface area contributed by atoms with E-state index in [1.54, 1.807) is 7.11 Å². The zero-order valence-electron chi connectivity index (χ0n) is 12.7. The fourth-order valence-corrected chi connectivity index (χ4v) is 2.48. The lowest BCUT2D eigenvalue weighted by atomic mass is 10.0. The first-order valence-corrected chi connectivity index (χ1v) is 7.01. The van der Waals surface area contributed by atoms with E-state index in [0.717, 1.165) is 24.4 Å². The first-order valence-electron chi connectivity index (χ1n) is 7.01. The molecule has 0 aliphatic rings. The second-order valence-corrected chi connectivity index (χ2v) is 5.00. The monoisotopic (exact) mass is 273 g/mol. The molecule has 1 atom stereocenters. The molecule has 2 rings (SSSR count). The van der Waals surface area contributed by atoms with Gasteiger partial charge in [0.15, 0.2) is 0 Å². The molecule has 0 aliphatic heterocycles. The van der Waals surface area contributed by atoms with Gasteiger partial charge in [-0.1, -0.05) is 25.1 Å². The van der Waals surface area contributed by atoms with Crippen molar-refractivity contribution in [3.8, 4) is 5.75 Å². The van der Waals surface area contributed by atoms with Gasteiger partial charge >= 0.3 is 0 Å². The van der Waals surface area contributed by atoms with E-state index < -0.39 is 0 Å². The summed E-state index contributed by atoms with van der Waals surface area (Å²) < 4.78 is 7.31. The number of rotatable bonds is 6. The van der Waals surface area contributed by atoms with Crippen LogP contribution in [0.25, 0.3) is 0 Å². The van der Waals surface area contributed by atoms with Crippen molar-refractivity contribution in [3.63, 3.8) is 0 Å². The topological polar surface area (TPSA) is 39.1 Å². The van der Waals surface area contributed by atoms with Crippen molar-refractivity contribution >= 4 is 0 Å². The minimum Gasteiger partial charge on any atom is -0.496 e. The van der Waals surface area contributed by atoms with Crippen LogP contribution >= 0.6 is 0 Å². The summed E-state index contributed by atoms with van der Waals surface area (Å²) in [4.78, 5) is 0. The third kappa shape index (κ3) is 3.20. The van der Waals surface area contributed by atoms with Crippen LogP contribution in [0.4, 0.5) is 0 Å². The highest BCUT2D eigenvalue weighted by atomic mass is 16.5. The lowest BCUT2D eigenvalue weighted by Gasteiger charge is -2.19. The normalized spacial score (nSPS) is 12.4. The molecule has 0 saturated carbocycles. The molecule has 0 amide bonds. The molecule has 20 heavy (non-hydrogen) atoms. The van der Waals surface area contributed by atoms with Gasteiger partial charge in [-0.15, -0.1) is 0 Å². The predicted molar refractivity (Wildman–Crippen MR) is 80.8 cm³/mol. The molecule has 0 saturated heterocycles. The lowest BCUT2D eigenvalue weighted by molar-refractivity contribution is 0.396. The predicted octanol–water partition coefficient (Wildman–Crippen LogP) is 2.98. The maximum absolute atomic E-state index is 5.45. The summed E-state index contributed by atoms with van der Waals surface area (Å²) in [6, 6.07) is 8.47. The number of nitrogens with one attached hydrogen (secondary N) is 1. The first kappa shape index (κ1) is 14.6. The van der Waals surface area contributed by atoms with Gasteiger partial charge in [-0.05, 0) is 19.4 Å². The number of para-hydroxylation sites is 1. The lowest BCUT2D eigenvalue weighted by Crippen LogP contribution is -2.21. The number of hydrogen-bond donors (Lipinski definition) is 1. The van der Waals surface area contributed by atoms with Crippen molar-refractivity contribution < 1.29 is 4.74 Å². The van der Waals surface area contributed by atoms with E-state index in [0.29, 0.717) is 0 Å². The molecule has 0 spiro atoms. The molecule has 0 fully saturated rings. The molecule has 4 heteroatoms. The Morgan fingerprint density at radius 2 is 2.10 bits per heavy atom. The molecule has 0 aliphatic carbocycles. The smallest absolute Gasteiger partial charge is 0.123 e. The standard InChI is InChI=1S/C16H23N3O/c1-5-15(14-8-6-7-9-16(14)20-4)17-10-13-11-19(3)18-12(13)2/h6-9,11,15,17H,5,10H2,1-4H3. The Balaban J connectivity index is 2.11. The Morgan fingerprint density at radius 1 is 1.35 bits per heavy atom. The van der Waals surface area contributed by atoms with Gasteiger partial charge in [0, 0.05) is 37.0 Å². The molecule has 4 nitrogen and oxygen atoms in total. The van der Waals surface area contributed by atoms with Gasteiger partial charge in [0.05, 0.1) is 12.8 Å². The second-order valence-electron chi connectivity index (χ2n) is 5.00. The Kier molecular flexibility index (Phi) is 4.79. The number of methoxy groups -OCH3 is 1. The number of aryl methyl sites for hydroxylation is 2. The van der Waals surface area contributed by atoms with Crippen LogP contribution in [0.3, 0.4) is 0 Å². The highest BCUT2D eigenvalue weighted by Crippen LogP contribution is 2.27. The van der Waals surface area contributed by atoms with Crippen LogP contribution in [0.2, 0.25) is 0 Å². The van der Waals surface area contributed by atoms with Crippen LogP contribution in [0.5, 0.6) is 5.75 Å². The number of aromatic nitrogens is 2. The van der Waals surface area contributed by atoms with E-state index >= 15 is 0 Å². The van der Waals surface area contributed by atoms with Crippen molar-refractivity contribution in [1.29, 1.82) is 0 Å². The molecule has 2 aromatic rings. The van der Waals surface area contributed by atoms with Gasteiger partial charge in [0.1, 0.15) is 5.75 Å². The summed E-state index contributed by atoms with van der Waals surface area (Å²) in [5.74, 6) is 0.940. The summed E-state index contributed by atoms with van der Waals surface area (Å²) in [7, 11) is 3.67. The summed E-state index contributed by atoms with van der Waals surface area (Å²) in [5.41, 5.74) is 3.52. The molecule has 1 unspecified atom stereocenters. The molecule has 0 radical (unpaired) electrons. The summed E-state index contributed by atoms with van der Waals surface area (Å²) in [6.45, 7) is 5.04. The largest absolute Gasteiger partial charge is 0.496 e. The molecule has 108 valence electrons. The summed E-state index contributed by atoms with van der Waals surface area (Å²) >= 11 is 0. The van der Waals surface area contributed by atoms with Crippen molar-refractivity contribution in [3.05, 3.63) is 47.3 Å². The Morgan fingerprint density at radius 3 is 2.70 bits per heavy atom. The first-order chi connectivity index (χ1) is 9.65. The minimum atomic E-state index is 0.283. The molecule has 1 aromatic carbocycles. The van der Waals surface area contributed by atoms with Crippen LogP contribution in [0.15, 0.2) is 30.5 Å². The van der Waals surface area contributed by atoms with E-state index in [4.69, 9.17) is 4.74 Å². The van der Waals surface area contributed by atoms with E-state index in [2.05, 4.69) is 35.7 Å². The zero-order valence-corrected chi connectivity index (χ0v) is 12.7. The van der Waals surface area contributed by atoms with Crippen molar-refractivity contribution in [2.75, 3.05) is 7.11 Å². The van der Waals surface area contributed by atoms with Gasteiger partial charge < -0.3 is 10.1 Å². The molecule has 0 bridgehead atoms. The van der Waals surface area contributed by atoms with Gasteiger partial charge in [-0.2, -0.15) is 5.10 Å². The SMILES string of the molecule is CCC(NCc1cn(C)nc1C)c1ccccc1OC. The third-order valence-electron chi connectivity index (χ3n) is 3.58. The fraction of sp³-hybridized carbons (Fsp3) is 0.438. The third-order valence-corrected chi connectivity index (χ3v) is 3.58. The van der Waals surface area contributed by atoms with Gasteiger partial charge in [0.2, 0.25) is 0 Å². The molecule has 1 heterocycles. The van der Waals surface area contributed by atoms with E-state index in [1.807, 2.05) is 30.8 Å². The fourth-order valence-electron chi connectivity index (χ4n) is 2.48. The van der Waals surface area contributed by atoms with E-state index in [1.165, 1.54) is 11.1 Å². The highest BCUT2D eigenvalue weighted by molar-refractivity contribution is 5.36. The van der Waals surface area contributed by atoms with Crippen molar-refractivity contribution in [2.24, 2.45) is 7.05 Å². The van der Waals surface area contributed by atoms with Crippen LogP contribution in [0.1, 0.15) is 36.2 Å².